The van der Waals surface area contributed by atoms with Crippen LogP contribution in [0.2, 0.25) is 0 Å². The van der Waals surface area contributed by atoms with Crippen molar-refractivity contribution in [3.05, 3.63) is 65.6 Å². The molecule has 0 amide bonds. The van der Waals surface area contributed by atoms with Crippen molar-refractivity contribution in [2.45, 2.75) is 59.0 Å². The fraction of sp³-hybridized carbons (Fsp3) is 0.455. The number of fused-ring (bicyclic) bond motifs is 1. The molecule has 1 saturated heterocycles. The van der Waals surface area contributed by atoms with Gasteiger partial charge in [0.05, 0.1) is 30.8 Å². The predicted octanol–water partition coefficient (Wildman–Crippen LogP) is 5.64. The molecule has 1 fully saturated rings. The van der Waals surface area contributed by atoms with Crippen molar-refractivity contribution in [3.8, 4) is 0 Å². The molecule has 41 heavy (non-hydrogen) atoms. The number of rotatable bonds is 7. The molecule has 3 aromatic rings. The van der Waals surface area contributed by atoms with Gasteiger partial charge in [0, 0.05) is 48.5 Å². The van der Waals surface area contributed by atoms with Gasteiger partial charge in [-0.15, -0.1) is 0 Å². The number of pyridine rings is 2. The zero-order chi connectivity index (χ0) is 29.1. The number of nitrogens with zero attached hydrogens (tertiary/aromatic N) is 3. The maximum absolute atomic E-state index is 13.6. The summed E-state index contributed by atoms with van der Waals surface area (Å²) >= 11 is 0. The third kappa shape index (κ3) is 7.11. The maximum atomic E-state index is 13.6. The zero-order valence-corrected chi connectivity index (χ0v) is 24.5. The lowest BCUT2D eigenvalue weighted by molar-refractivity contribution is -0.156. The molecule has 0 aliphatic carbocycles. The molecule has 0 bridgehead atoms. The molecule has 2 aromatic heterocycles. The van der Waals surface area contributed by atoms with Crippen LogP contribution in [0.5, 0.6) is 0 Å². The number of aromatic nitrogens is 2. The van der Waals surface area contributed by atoms with Crippen LogP contribution in [0, 0.1) is 11.8 Å². The average molecular weight is 557 g/mol. The molecule has 5 rings (SSSR count). The summed E-state index contributed by atoms with van der Waals surface area (Å²) in [6, 6.07) is 9.88. The summed E-state index contributed by atoms with van der Waals surface area (Å²) in [6.45, 7) is 10.7. The molecule has 0 radical (unpaired) electrons. The molecule has 216 valence electrons. The number of ketones is 1. The van der Waals surface area contributed by atoms with Crippen LogP contribution in [-0.2, 0) is 20.7 Å². The van der Waals surface area contributed by atoms with E-state index in [1.165, 1.54) is 5.57 Å². The minimum absolute atomic E-state index is 0.135. The fourth-order valence-electron chi connectivity index (χ4n) is 5.96. The number of carbonyl (C=O) groups is 2. The fourth-order valence-corrected chi connectivity index (χ4v) is 5.96. The highest BCUT2D eigenvalue weighted by Gasteiger charge is 2.30. The third-order valence-corrected chi connectivity index (χ3v) is 7.64. The van der Waals surface area contributed by atoms with Crippen molar-refractivity contribution in [2.24, 2.45) is 11.8 Å². The van der Waals surface area contributed by atoms with Crippen LogP contribution in [-0.4, -0.2) is 53.6 Å². The number of nitrogens with two attached hydrogens (primary N) is 1. The molecular weight excluding hydrogens is 516 g/mol. The zero-order valence-electron chi connectivity index (χ0n) is 24.5. The Morgan fingerprint density at radius 3 is 2.76 bits per heavy atom. The first-order valence-electron chi connectivity index (χ1n) is 14.5. The summed E-state index contributed by atoms with van der Waals surface area (Å²) in [4.78, 5) is 37.5. The summed E-state index contributed by atoms with van der Waals surface area (Å²) in [5, 5.41) is 0.899. The predicted molar refractivity (Wildman–Crippen MR) is 162 cm³/mol. The Balaban J connectivity index is 1.36. The highest BCUT2D eigenvalue weighted by molar-refractivity contribution is 6.03. The molecule has 0 unspecified atom stereocenters. The van der Waals surface area contributed by atoms with Crippen molar-refractivity contribution in [1.29, 1.82) is 0 Å². The van der Waals surface area contributed by atoms with E-state index in [2.05, 4.69) is 29.0 Å². The summed E-state index contributed by atoms with van der Waals surface area (Å²) in [5.41, 5.74) is 11.3. The molecule has 2 aliphatic heterocycles. The minimum atomic E-state index is -0.502. The molecular formula is C33H40N4O4. The summed E-state index contributed by atoms with van der Waals surface area (Å²) < 4.78 is 11.0. The largest absolute Gasteiger partial charge is 0.460 e. The Morgan fingerprint density at radius 1 is 1.17 bits per heavy atom. The van der Waals surface area contributed by atoms with Crippen molar-refractivity contribution in [1.82, 2.24) is 9.97 Å². The SMILES string of the molecule is C[C@@H]1C[C@H](CC(=O)OC(C)(C)C)CN(c2ccncc2CC(=O)c2nc3cc(C4=CCOCC4)ccc3cc2N)C1. The number of hydrogen-bond donors (Lipinski definition) is 1. The summed E-state index contributed by atoms with van der Waals surface area (Å²) in [6.07, 6.45) is 7.92. The van der Waals surface area contributed by atoms with Gasteiger partial charge >= 0.3 is 5.97 Å². The normalized spacial score (nSPS) is 19.6. The molecule has 2 aliphatic rings. The highest BCUT2D eigenvalue weighted by atomic mass is 16.6. The van der Waals surface area contributed by atoms with Gasteiger partial charge in [-0.3, -0.25) is 14.6 Å². The lowest BCUT2D eigenvalue weighted by Gasteiger charge is -2.38. The van der Waals surface area contributed by atoms with E-state index < -0.39 is 5.60 Å². The van der Waals surface area contributed by atoms with Crippen LogP contribution in [0.4, 0.5) is 11.4 Å². The number of Topliss-reactive ketones (excluding diaryl/α,β-unsaturated/α-hetero) is 1. The Kier molecular flexibility index (Phi) is 8.40. The van der Waals surface area contributed by atoms with E-state index in [-0.39, 0.29) is 29.8 Å². The van der Waals surface area contributed by atoms with E-state index in [0.717, 1.165) is 53.6 Å². The number of esters is 1. The summed E-state index contributed by atoms with van der Waals surface area (Å²) in [5.74, 6) is 0.245. The first kappa shape index (κ1) is 28.7. The molecule has 0 saturated carbocycles. The smallest absolute Gasteiger partial charge is 0.306 e. The van der Waals surface area contributed by atoms with Gasteiger partial charge in [-0.25, -0.2) is 4.98 Å². The molecule has 2 atom stereocenters. The van der Waals surface area contributed by atoms with E-state index >= 15 is 0 Å². The number of piperidine rings is 1. The van der Waals surface area contributed by atoms with Gasteiger partial charge in [-0.05, 0) is 74.8 Å². The first-order chi connectivity index (χ1) is 19.6. The van der Waals surface area contributed by atoms with E-state index in [1.54, 1.807) is 12.4 Å². The van der Waals surface area contributed by atoms with Crippen molar-refractivity contribution < 1.29 is 19.1 Å². The molecule has 8 heteroatoms. The van der Waals surface area contributed by atoms with Gasteiger partial charge < -0.3 is 20.1 Å². The Bertz CT molecular complexity index is 1480. The van der Waals surface area contributed by atoms with Gasteiger partial charge in [0.1, 0.15) is 11.3 Å². The monoisotopic (exact) mass is 556 g/mol. The standard InChI is InChI=1S/C33H40N4O4/c1-21-13-22(14-31(39)41-33(2,3)4)20-37(19-21)29-7-10-35-18-26(29)17-30(38)32-27(34)15-25-6-5-24(16-28(25)36-32)23-8-11-40-12-9-23/h5-8,10,15-16,18,21-22H,9,11-14,17,19-20,34H2,1-4H3/t21-,22-/m1/s1. The summed E-state index contributed by atoms with van der Waals surface area (Å²) in [7, 11) is 0. The lowest BCUT2D eigenvalue weighted by Crippen LogP contribution is -2.41. The minimum Gasteiger partial charge on any atom is -0.460 e. The van der Waals surface area contributed by atoms with Crippen LogP contribution in [0.3, 0.4) is 0 Å². The van der Waals surface area contributed by atoms with Crippen LogP contribution in [0.15, 0.2) is 48.8 Å². The van der Waals surface area contributed by atoms with Gasteiger partial charge in [0.15, 0.2) is 5.78 Å². The molecule has 4 heterocycles. The lowest BCUT2D eigenvalue weighted by atomic mass is 9.87. The quantitative estimate of drug-likeness (QED) is 0.295. The van der Waals surface area contributed by atoms with Gasteiger partial charge in [-0.2, -0.15) is 0 Å². The Morgan fingerprint density at radius 2 is 2.00 bits per heavy atom. The highest BCUT2D eigenvalue weighted by Crippen LogP contribution is 2.32. The Hall–Kier alpha value is -3.78. The van der Waals surface area contributed by atoms with Gasteiger partial charge in [-0.1, -0.05) is 25.1 Å². The van der Waals surface area contributed by atoms with Crippen molar-refractivity contribution in [3.63, 3.8) is 0 Å². The molecule has 1 aromatic carbocycles. The maximum Gasteiger partial charge on any atom is 0.306 e. The third-order valence-electron chi connectivity index (χ3n) is 7.64. The number of anilines is 2. The number of hydrogen-bond acceptors (Lipinski definition) is 8. The second-order valence-corrected chi connectivity index (χ2v) is 12.4. The first-order valence-corrected chi connectivity index (χ1v) is 14.5. The van der Waals surface area contributed by atoms with Crippen molar-refractivity contribution >= 4 is 39.6 Å². The number of benzene rings is 1. The van der Waals surface area contributed by atoms with Crippen molar-refractivity contribution in [2.75, 3.05) is 36.9 Å². The van der Waals surface area contributed by atoms with Gasteiger partial charge in [0.2, 0.25) is 0 Å². The van der Waals surface area contributed by atoms with Crippen LogP contribution in [0.25, 0.3) is 16.5 Å². The van der Waals surface area contributed by atoms with E-state index in [9.17, 15) is 9.59 Å². The second-order valence-electron chi connectivity index (χ2n) is 12.4. The molecule has 0 spiro atoms. The van der Waals surface area contributed by atoms with E-state index in [1.807, 2.05) is 45.0 Å². The molecule has 8 nitrogen and oxygen atoms in total. The van der Waals surface area contributed by atoms with E-state index in [4.69, 9.17) is 20.2 Å². The van der Waals surface area contributed by atoms with E-state index in [0.29, 0.717) is 31.2 Å². The van der Waals surface area contributed by atoms with Crippen LogP contribution >= 0.6 is 0 Å². The van der Waals surface area contributed by atoms with Gasteiger partial charge in [0.25, 0.3) is 0 Å². The number of carbonyl (C=O) groups excluding carboxylic acids is 2. The molecule has 2 N–H and O–H groups in total. The Labute approximate surface area is 241 Å². The topological polar surface area (TPSA) is 108 Å². The average Bonchev–Trinajstić information content (AvgIpc) is 2.91. The number of nitrogen functional groups attached to an aromatic ring is 1. The van der Waals surface area contributed by atoms with Crippen LogP contribution < -0.4 is 10.6 Å². The number of ether oxygens (including phenoxy) is 2. The van der Waals surface area contributed by atoms with Crippen LogP contribution in [0.1, 0.15) is 68.6 Å². The second kappa shape index (κ2) is 12.0.